The lowest BCUT2D eigenvalue weighted by molar-refractivity contribution is 0.301. The molecule has 150 valence electrons. The molecule has 1 heterocycles. The van der Waals surface area contributed by atoms with Gasteiger partial charge in [-0.05, 0) is 54.8 Å². The molecule has 28 heavy (non-hydrogen) atoms. The van der Waals surface area contributed by atoms with E-state index in [9.17, 15) is 4.39 Å². The van der Waals surface area contributed by atoms with Gasteiger partial charge >= 0.3 is 0 Å². The number of halogens is 1. The summed E-state index contributed by atoms with van der Waals surface area (Å²) >= 11 is 1.81. The van der Waals surface area contributed by atoms with Crippen LogP contribution in [0.15, 0.2) is 48.5 Å². The molecule has 0 saturated heterocycles. The minimum atomic E-state index is -0.224. The van der Waals surface area contributed by atoms with Crippen LogP contribution in [0.25, 0.3) is 10.7 Å². The Labute approximate surface area is 172 Å². The first-order valence-electron chi connectivity index (χ1n) is 10.3. The van der Waals surface area contributed by atoms with E-state index in [0.29, 0.717) is 6.61 Å². The molecule has 0 spiro atoms. The van der Waals surface area contributed by atoms with Crippen LogP contribution < -0.4 is 4.90 Å². The van der Waals surface area contributed by atoms with E-state index in [1.165, 1.54) is 49.1 Å². The first-order valence-corrected chi connectivity index (χ1v) is 11.3. The minimum absolute atomic E-state index is 0.224. The van der Waals surface area contributed by atoms with Crippen molar-refractivity contribution in [2.75, 3.05) is 30.3 Å². The largest absolute Gasteiger partial charge is 0.491 e. The zero-order valence-electron chi connectivity index (χ0n) is 16.9. The Morgan fingerprint density at radius 3 is 2.11 bits per heavy atom. The van der Waals surface area contributed by atoms with Crippen molar-refractivity contribution in [3.63, 3.8) is 0 Å². The molecule has 0 atom stereocenters. The van der Waals surface area contributed by atoms with Crippen LogP contribution in [0.5, 0.6) is 0 Å². The Kier molecular flexibility index (Phi) is 7.84. The summed E-state index contributed by atoms with van der Waals surface area (Å²) in [5.41, 5.74) is 3.38. The van der Waals surface area contributed by atoms with Gasteiger partial charge in [-0.3, -0.25) is 0 Å². The van der Waals surface area contributed by atoms with E-state index in [1.807, 2.05) is 11.8 Å². The number of ether oxygens (including phenoxy) is 1. The Morgan fingerprint density at radius 2 is 1.50 bits per heavy atom. The number of thioether (sulfide) groups is 1. The zero-order chi connectivity index (χ0) is 19.8. The van der Waals surface area contributed by atoms with Crippen molar-refractivity contribution < 1.29 is 9.13 Å². The van der Waals surface area contributed by atoms with E-state index < -0.39 is 0 Å². The van der Waals surface area contributed by atoms with Crippen molar-refractivity contribution >= 4 is 28.1 Å². The highest BCUT2D eigenvalue weighted by Gasteiger charge is 2.19. The molecule has 0 fully saturated rings. The van der Waals surface area contributed by atoms with Crippen LogP contribution >= 0.6 is 11.8 Å². The zero-order valence-corrected chi connectivity index (χ0v) is 17.7. The molecular formula is C24H30FNOS. The highest BCUT2D eigenvalue weighted by atomic mass is 32.2. The van der Waals surface area contributed by atoms with E-state index in [1.54, 1.807) is 12.1 Å². The lowest BCUT2D eigenvalue weighted by Gasteiger charge is -2.26. The van der Waals surface area contributed by atoms with Gasteiger partial charge < -0.3 is 9.64 Å². The summed E-state index contributed by atoms with van der Waals surface area (Å²) in [7, 11) is 0. The van der Waals surface area contributed by atoms with Gasteiger partial charge in [0.15, 0.2) is 0 Å². The number of benzene rings is 2. The van der Waals surface area contributed by atoms with E-state index in [4.69, 9.17) is 4.74 Å². The third kappa shape index (κ3) is 5.32. The van der Waals surface area contributed by atoms with Gasteiger partial charge in [0.1, 0.15) is 11.6 Å². The van der Waals surface area contributed by atoms with Gasteiger partial charge in [0.05, 0.1) is 11.5 Å². The number of unbranched alkanes of at least 4 members (excludes halogenated alkanes) is 2. The predicted octanol–water partition coefficient (Wildman–Crippen LogP) is 6.82. The monoisotopic (exact) mass is 399 g/mol. The van der Waals surface area contributed by atoms with Gasteiger partial charge in [-0.25, -0.2) is 4.39 Å². The quantitative estimate of drug-likeness (QED) is 0.459. The fourth-order valence-electron chi connectivity index (χ4n) is 3.34. The van der Waals surface area contributed by atoms with E-state index in [2.05, 4.69) is 43.0 Å². The maximum absolute atomic E-state index is 13.3. The number of nitrogens with zero attached hydrogens (tertiary/aromatic N) is 1. The maximum Gasteiger partial charge on any atom is 0.140 e. The van der Waals surface area contributed by atoms with Crippen molar-refractivity contribution in [2.24, 2.45) is 0 Å². The normalized spacial score (nSPS) is 14.1. The Morgan fingerprint density at radius 1 is 0.893 bits per heavy atom. The smallest absolute Gasteiger partial charge is 0.140 e. The van der Waals surface area contributed by atoms with Gasteiger partial charge in [-0.15, -0.1) is 11.8 Å². The highest BCUT2D eigenvalue weighted by Crippen LogP contribution is 2.39. The highest BCUT2D eigenvalue weighted by molar-refractivity contribution is 8.08. The molecule has 1 aliphatic heterocycles. The summed E-state index contributed by atoms with van der Waals surface area (Å²) in [6.45, 7) is 7.38. The van der Waals surface area contributed by atoms with Crippen molar-refractivity contribution in [1.82, 2.24) is 0 Å². The molecule has 2 aromatic carbocycles. The summed E-state index contributed by atoms with van der Waals surface area (Å²) in [5, 5.41) is 0. The molecule has 1 aliphatic rings. The summed E-state index contributed by atoms with van der Waals surface area (Å²) in [4.78, 5) is 3.63. The predicted molar refractivity (Wildman–Crippen MR) is 120 cm³/mol. The molecule has 0 saturated carbocycles. The number of hydrogen-bond acceptors (Lipinski definition) is 3. The average Bonchev–Trinajstić information content (AvgIpc) is 2.75. The second-order valence-corrected chi connectivity index (χ2v) is 8.21. The fourth-order valence-corrected chi connectivity index (χ4v) is 4.32. The van der Waals surface area contributed by atoms with Crippen LogP contribution in [0, 0.1) is 5.82 Å². The third-order valence-electron chi connectivity index (χ3n) is 4.95. The number of rotatable bonds is 9. The average molecular weight is 400 g/mol. The lowest BCUT2D eigenvalue weighted by Crippen LogP contribution is -2.25. The third-order valence-corrected chi connectivity index (χ3v) is 6.03. The topological polar surface area (TPSA) is 12.5 Å². The molecule has 0 aliphatic carbocycles. The van der Waals surface area contributed by atoms with Crippen molar-refractivity contribution in [2.45, 2.75) is 39.5 Å². The molecule has 2 aromatic rings. The van der Waals surface area contributed by atoms with Crippen LogP contribution in [-0.4, -0.2) is 25.4 Å². The lowest BCUT2D eigenvalue weighted by atomic mass is 10.1. The van der Waals surface area contributed by atoms with Crippen LogP contribution in [0.4, 0.5) is 10.1 Å². The Hall–Kier alpha value is -1.94. The minimum Gasteiger partial charge on any atom is -0.491 e. The second-order valence-electron chi connectivity index (χ2n) is 7.10. The molecule has 4 heteroatoms. The molecule has 2 nitrogen and oxygen atoms in total. The molecule has 0 radical (unpaired) electrons. The van der Waals surface area contributed by atoms with Gasteiger partial charge in [-0.1, -0.05) is 38.8 Å². The van der Waals surface area contributed by atoms with Gasteiger partial charge in [0.25, 0.3) is 0 Å². The van der Waals surface area contributed by atoms with Gasteiger partial charge in [-0.2, -0.15) is 0 Å². The van der Waals surface area contributed by atoms with Gasteiger partial charge in [0.2, 0.25) is 0 Å². The van der Waals surface area contributed by atoms with Crippen molar-refractivity contribution in [1.29, 1.82) is 0 Å². The summed E-state index contributed by atoms with van der Waals surface area (Å²) in [6, 6.07) is 15.4. The van der Waals surface area contributed by atoms with Crippen molar-refractivity contribution in [3.05, 3.63) is 65.5 Å². The molecule has 0 aromatic heterocycles. The SMILES string of the molecule is CCCCN(CCCC)c1ccc(C2=C(c3ccc(F)cc3)OCCS2)cc1. The Balaban J connectivity index is 1.86. The molecule has 0 N–H and O–H groups in total. The fraction of sp³-hybridized carbons (Fsp3) is 0.417. The molecule has 0 unspecified atom stereocenters. The van der Waals surface area contributed by atoms with Gasteiger partial charge in [0, 0.05) is 30.1 Å². The standard InChI is InChI=1S/C24H30FNOS/c1-3-5-15-26(16-6-4-2)22-13-9-20(10-14-22)24-23(27-17-18-28-24)19-7-11-21(25)12-8-19/h7-14H,3-6,15-18H2,1-2H3. The molecule has 3 rings (SSSR count). The summed E-state index contributed by atoms with van der Waals surface area (Å²) in [5.74, 6) is 1.57. The van der Waals surface area contributed by atoms with E-state index in [0.717, 1.165) is 35.1 Å². The summed E-state index contributed by atoms with van der Waals surface area (Å²) < 4.78 is 19.3. The van der Waals surface area contributed by atoms with E-state index >= 15 is 0 Å². The van der Waals surface area contributed by atoms with E-state index in [-0.39, 0.29) is 5.82 Å². The van der Waals surface area contributed by atoms with Crippen LogP contribution in [0.1, 0.15) is 50.7 Å². The maximum atomic E-state index is 13.3. The molecular weight excluding hydrogens is 369 g/mol. The van der Waals surface area contributed by atoms with Crippen molar-refractivity contribution in [3.8, 4) is 0 Å². The first-order chi connectivity index (χ1) is 13.7. The molecule has 0 amide bonds. The van der Waals surface area contributed by atoms with Crippen LogP contribution in [0.3, 0.4) is 0 Å². The second kappa shape index (κ2) is 10.6. The van der Waals surface area contributed by atoms with Crippen LogP contribution in [-0.2, 0) is 4.74 Å². The first kappa shape index (κ1) is 20.8. The summed E-state index contributed by atoms with van der Waals surface area (Å²) in [6.07, 6.45) is 4.86. The number of anilines is 1. The number of hydrogen-bond donors (Lipinski definition) is 0. The van der Waals surface area contributed by atoms with Crippen LogP contribution in [0.2, 0.25) is 0 Å². The molecule has 0 bridgehead atoms. The Bertz CT molecular complexity index is 762.